The number of nitrogens with one attached hydrogen (secondary N) is 1. The Morgan fingerprint density at radius 3 is 2.70 bits per heavy atom. The molecular formula is C20H25N5O4S. The fourth-order valence-corrected chi connectivity index (χ4v) is 5.75. The summed E-state index contributed by atoms with van der Waals surface area (Å²) >= 11 is 0. The van der Waals surface area contributed by atoms with Crippen LogP contribution < -0.4 is 15.2 Å². The van der Waals surface area contributed by atoms with Crippen molar-refractivity contribution in [2.24, 2.45) is 9.50 Å². The van der Waals surface area contributed by atoms with Crippen LogP contribution in [0.3, 0.4) is 0 Å². The summed E-state index contributed by atoms with van der Waals surface area (Å²) in [6, 6.07) is 1.45. The Bertz CT molecular complexity index is 1120. The highest BCUT2D eigenvalue weighted by molar-refractivity contribution is 7.91. The Hall–Kier alpha value is -2.43. The summed E-state index contributed by atoms with van der Waals surface area (Å²) in [5.74, 6) is 0.280. The Balaban J connectivity index is 1.45. The minimum absolute atomic E-state index is 0.125. The van der Waals surface area contributed by atoms with E-state index in [4.69, 9.17) is 14.6 Å². The second kappa shape index (κ2) is 7.36. The summed E-state index contributed by atoms with van der Waals surface area (Å²) in [6.45, 7) is 0.746. The molecule has 2 amide bonds. The zero-order valence-corrected chi connectivity index (χ0v) is 17.7. The standard InChI is InChI=1S/C20H25N5O4S/c1-28-10-14-11-29-19-17(9-22-25(14)19)30(21,27)24-20(26)23-18-15-6-2-4-12(15)8-13-5-3-7-16(13)18/h8-9,14H,2-7,10-11H2,1H3,(H3,21,23,24,26,27)/t14-,30+/m1/s1. The highest BCUT2D eigenvalue weighted by Crippen LogP contribution is 2.39. The molecule has 0 fully saturated rings. The van der Waals surface area contributed by atoms with Crippen molar-refractivity contribution >= 4 is 21.6 Å². The second-order valence-corrected chi connectivity index (χ2v) is 9.76. The van der Waals surface area contributed by atoms with E-state index in [-0.39, 0.29) is 16.8 Å². The molecular weight excluding hydrogens is 406 g/mol. The molecule has 0 unspecified atom stereocenters. The summed E-state index contributed by atoms with van der Waals surface area (Å²) in [5, 5.41) is 13.1. The van der Waals surface area contributed by atoms with E-state index in [2.05, 4.69) is 20.8 Å². The van der Waals surface area contributed by atoms with Crippen LogP contribution in [-0.2, 0) is 40.3 Å². The third-order valence-electron chi connectivity index (χ3n) is 6.07. The quantitative estimate of drug-likeness (QED) is 0.770. The lowest BCUT2D eigenvalue weighted by Crippen LogP contribution is -2.19. The molecule has 3 N–H and O–H groups in total. The number of anilines is 1. The van der Waals surface area contributed by atoms with Crippen molar-refractivity contribution < 1.29 is 18.5 Å². The number of rotatable bonds is 4. The minimum Gasteiger partial charge on any atom is -0.475 e. The van der Waals surface area contributed by atoms with Gasteiger partial charge in [0.2, 0.25) is 5.88 Å². The molecule has 3 aliphatic rings. The Morgan fingerprint density at radius 2 is 2.03 bits per heavy atom. The number of fused-ring (bicyclic) bond motifs is 3. The third kappa shape index (κ3) is 3.19. The SMILES string of the molecule is COC[C@@H]1COc2c([S@@](N)(=O)=NC(=O)Nc3c4c(cc5c3CCC5)CCC4)cnn21. The molecule has 2 atom stereocenters. The molecule has 30 heavy (non-hydrogen) atoms. The van der Waals surface area contributed by atoms with Crippen LogP contribution >= 0.6 is 0 Å². The average Bonchev–Trinajstić information content (AvgIpc) is 3.46. The average molecular weight is 432 g/mol. The largest absolute Gasteiger partial charge is 0.475 e. The fraction of sp³-hybridized carbons (Fsp3) is 0.500. The van der Waals surface area contributed by atoms with Gasteiger partial charge in [-0.05, 0) is 60.8 Å². The van der Waals surface area contributed by atoms with Crippen LogP contribution in [0.25, 0.3) is 0 Å². The third-order valence-corrected chi connectivity index (χ3v) is 7.42. The molecule has 2 heterocycles. The number of benzene rings is 1. The van der Waals surface area contributed by atoms with Gasteiger partial charge in [-0.25, -0.2) is 18.8 Å². The number of urea groups is 1. The lowest BCUT2D eigenvalue weighted by Gasteiger charge is -2.15. The fourth-order valence-electron chi connectivity index (χ4n) is 4.76. The van der Waals surface area contributed by atoms with Gasteiger partial charge in [0, 0.05) is 12.8 Å². The zero-order chi connectivity index (χ0) is 20.9. The summed E-state index contributed by atoms with van der Waals surface area (Å²) in [5.41, 5.74) is 5.80. The molecule has 0 spiro atoms. The lowest BCUT2D eigenvalue weighted by atomic mass is 9.99. The number of ether oxygens (including phenoxy) is 2. The summed E-state index contributed by atoms with van der Waals surface area (Å²) in [4.78, 5) is 12.9. The molecule has 5 rings (SSSR count). The summed E-state index contributed by atoms with van der Waals surface area (Å²) in [7, 11) is -1.93. The maximum absolute atomic E-state index is 13.1. The molecule has 10 heteroatoms. The van der Waals surface area contributed by atoms with Crippen molar-refractivity contribution in [1.29, 1.82) is 0 Å². The van der Waals surface area contributed by atoms with Gasteiger partial charge in [0.25, 0.3) is 0 Å². The van der Waals surface area contributed by atoms with Crippen LogP contribution in [0.15, 0.2) is 21.5 Å². The first kappa shape index (κ1) is 19.5. The predicted molar refractivity (Wildman–Crippen MR) is 111 cm³/mol. The molecule has 1 aliphatic heterocycles. The Morgan fingerprint density at radius 1 is 1.33 bits per heavy atom. The lowest BCUT2D eigenvalue weighted by molar-refractivity contribution is 0.145. The maximum atomic E-state index is 13.1. The minimum atomic E-state index is -3.51. The number of nitrogens with two attached hydrogens (primary N) is 1. The van der Waals surface area contributed by atoms with Gasteiger partial charge in [-0.15, -0.1) is 4.36 Å². The molecule has 1 aromatic heterocycles. The van der Waals surface area contributed by atoms with E-state index in [1.807, 2.05) is 0 Å². The molecule has 0 saturated carbocycles. The molecule has 0 bridgehead atoms. The second-order valence-electron chi connectivity index (χ2n) is 8.00. The molecule has 160 valence electrons. The number of aromatic nitrogens is 2. The van der Waals surface area contributed by atoms with E-state index >= 15 is 0 Å². The number of carbonyl (C=O) groups is 1. The number of nitrogens with zero attached hydrogens (tertiary/aromatic N) is 3. The van der Waals surface area contributed by atoms with Gasteiger partial charge in [0.1, 0.15) is 17.5 Å². The van der Waals surface area contributed by atoms with Crippen LogP contribution in [0.1, 0.15) is 41.1 Å². The molecule has 2 aliphatic carbocycles. The van der Waals surface area contributed by atoms with Gasteiger partial charge in [0.15, 0.2) is 9.92 Å². The van der Waals surface area contributed by atoms with Gasteiger partial charge in [-0.2, -0.15) is 5.10 Å². The highest BCUT2D eigenvalue weighted by Gasteiger charge is 2.32. The molecule has 0 saturated heterocycles. The Labute approximate surface area is 175 Å². The Kier molecular flexibility index (Phi) is 4.79. The topological polar surface area (TPSA) is 121 Å². The van der Waals surface area contributed by atoms with E-state index in [0.717, 1.165) is 44.2 Å². The van der Waals surface area contributed by atoms with Crippen molar-refractivity contribution in [2.45, 2.75) is 49.5 Å². The summed E-state index contributed by atoms with van der Waals surface area (Å²) in [6.07, 6.45) is 7.43. The van der Waals surface area contributed by atoms with E-state index < -0.39 is 15.9 Å². The molecule has 9 nitrogen and oxygen atoms in total. The van der Waals surface area contributed by atoms with Gasteiger partial charge in [-0.3, -0.25) is 0 Å². The van der Waals surface area contributed by atoms with Crippen molar-refractivity contribution in [3.63, 3.8) is 0 Å². The zero-order valence-electron chi connectivity index (χ0n) is 16.8. The highest BCUT2D eigenvalue weighted by atomic mass is 32.2. The van der Waals surface area contributed by atoms with Gasteiger partial charge >= 0.3 is 6.03 Å². The number of hydrogen-bond acceptors (Lipinski definition) is 5. The van der Waals surface area contributed by atoms with Crippen LogP contribution in [0, 0.1) is 0 Å². The summed E-state index contributed by atoms with van der Waals surface area (Å²) < 4.78 is 29.3. The van der Waals surface area contributed by atoms with Gasteiger partial charge < -0.3 is 14.8 Å². The van der Waals surface area contributed by atoms with Gasteiger partial charge in [-0.1, -0.05) is 6.07 Å². The van der Waals surface area contributed by atoms with Crippen LogP contribution in [0.2, 0.25) is 0 Å². The van der Waals surface area contributed by atoms with E-state index in [9.17, 15) is 9.00 Å². The normalized spacial score (nSPS) is 20.8. The first-order valence-corrected chi connectivity index (χ1v) is 11.8. The van der Waals surface area contributed by atoms with E-state index in [0.29, 0.717) is 13.2 Å². The smallest absolute Gasteiger partial charge is 0.354 e. The molecule has 1 aromatic carbocycles. The van der Waals surface area contributed by atoms with Crippen molar-refractivity contribution in [3.05, 3.63) is 34.5 Å². The number of carbonyl (C=O) groups excluding carboxylic acids is 1. The first-order chi connectivity index (χ1) is 14.5. The maximum Gasteiger partial charge on any atom is 0.354 e. The van der Waals surface area contributed by atoms with E-state index in [1.54, 1.807) is 11.8 Å². The van der Waals surface area contributed by atoms with Crippen molar-refractivity contribution in [3.8, 4) is 5.88 Å². The van der Waals surface area contributed by atoms with Crippen LogP contribution in [0.5, 0.6) is 5.88 Å². The predicted octanol–water partition coefficient (Wildman–Crippen LogP) is 2.37. The monoisotopic (exact) mass is 431 g/mol. The van der Waals surface area contributed by atoms with E-state index in [1.165, 1.54) is 28.5 Å². The molecule has 0 radical (unpaired) electrons. The van der Waals surface area contributed by atoms with Crippen molar-refractivity contribution in [2.75, 3.05) is 25.6 Å². The number of amides is 2. The molecule has 2 aromatic rings. The van der Waals surface area contributed by atoms with Crippen LogP contribution in [0.4, 0.5) is 10.5 Å². The number of aryl methyl sites for hydroxylation is 2. The van der Waals surface area contributed by atoms with Crippen molar-refractivity contribution in [1.82, 2.24) is 9.78 Å². The first-order valence-electron chi connectivity index (χ1n) is 10.2. The van der Waals surface area contributed by atoms with Gasteiger partial charge in [0.05, 0.1) is 12.8 Å². The van der Waals surface area contributed by atoms with Crippen LogP contribution in [-0.4, -0.2) is 40.3 Å². The number of methoxy groups -OCH3 is 1. The number of hydrogen-bond donors (Lipinski definition) is 2.